The predicted octanol–water partition coefficient (Wildman–Crippen LogP) is 1.70. The van der Waals surface area contributed by atoms with Gasteiger partial charge in [0.15, 0.2) is 0 Å². The average Bonchev–Trinajstić information content (AvgIpc) is 2.49. The van der Waals surface area contributed by atoms with Crippen LogP contribution in [0.4, 0.5) is 0 Å². The van der Waals surface area contributed by atoms with Crippen LogP contribution in [0.2, 0.25) is 0 Å². The summed E-state index contributed by atoms with van der Waals surface area (Å²) < 4.78 is 0. The number of nitrogens with two attached hydrogens (primary N) is 1. The van der Waals surface area contributed by atoms with E-state index in [0.29, 0.717) is 26.1 Å². The number of carbonyl (C=O) groups excluding carboxylic acids is 1. The van der Waals surface area contributed by atoms with Gasteiger partial charge in [0.25, 0.3) is 0 Å². The number of carbonyl (C=O) groups is 1. The number of rotatable bonds is 8. The Morgan fingerprint density at radius 2 is 2.40 bits per heavy atom. The second-order valence-electron chi connectivity index (χ2n) is 4.75. The van der Waals surface area contributed by atoms with Gasteiger partial charge >= 0.3 is 0 Å². The number of hydrogen-bond donors (Lipinski definition) is 1. The molecule has 0 fully saturated rings. The predicted molar refractivity (Wildman–Crippen MR) is 77.3 cm³/mol. The molecule has 1 amide bonds. The summed E-state index contributed by atoms with van der Waals surface area (Å²) in [6, 6.07) is 5.86. The van der Waals surface area contributed by atoms with Gasteiger partial charge in [-0.2, -0.15) is 5.26 Å². The van der Waals surface area contributed by atoms with Crippen LogP contribution in [0.5, 0.6) is 0 Å². The molecule has 0 aromatic carbocycles. The van der Waals surface area contributed by atoms with Crippen molar-refractivity contribution in [2.75, 3.05) is 13.1 Å². The monoisotopic (exact) mass is 274 g/mol. The molecule has 5 nitrogen and oxygen atoms in total. The maximum Gasteiger partial charge on any atom is 0.227 e. The van der Waals surface area contributed by atoms with Gasteiger partial charge in [0.1, 0.15) is 0 Å². The topological polar surface area (TPSA) is 83.0 Å². The fourth-order valence-electron chi connectivity index (χ4n) is 2.11. The van der Waals surface area contributed by atoms with E-state index in [1.165, 1.54) is 0 Å². The fraction of sp³-hybridized carbons (Fsp3) is 0.533. The average molecular weight is 274 g/mol. The molecule has 2 N–H and O–H groups in total. The summed E-state index contributed by atoms with van der Waals surface area (Å²) in [4.78, 5) is 18.3. The van der Waals surface area contributed by atoms with Crippen LogP contribution in [0, 0.1) is 17.2 Å². The highest BCUT2D eigenvalue weighted by Crippen LogP contribution is 2.13. The van der Waals surface area contributed by atoms with E-state index in [1.54, 1.807) is 17.3 Å². The van der Waals surface area contributed by atoms with E-state index in [4.69, 9.17) is 11.0 Å². The molecule has 1 aromatic rings. The zero-order valence-corrected chi connectivity index (χ0v) is 12.0. The Bertz CT molecular complexity index is 441. The van der Waals surface area contributed by atoms with Crippen LogP contribution >= 0.6 is 0 Å². The zero-order chi connectivity index (χ0) is 14.8. The Morgan fingerprint density at radius 1 is 1.60 bits per heavy atom. The van der Waals surface area contributed by atoms with Gasteiger partial charge in [-0.3, -0.25) is 9.78 Å². The van der Waals surface area contributed by atoms with E-state index in [0.717, 1.165) is 18.4 Å². The van der Waals surface area contributed by atoms with Crippen LogP contribution in [0.25, 0.3) is 0 Å². The maximum atomic E-state index is 12.5. The van der Waals surface area contributed by atoms with Gasteiger partial charge in [-0.25, -0.2) is 0 Å². The molecule has 1 unspecified atom stereocenters. The normalized spacial score (nSPS) is 11.7. The van der Waals surface area contributed by atoms with Crippen LogP contribution in [-0.4, -0.2) is 28.9 Å². The zero-order valence-electron chi connectivity index (χ0n) is 12.0. The Kier molecular flexibility index (Phi) is 7.30. The van der Waals surface area contributed by atoms with E-state index in [2.05, 4.69) is 11.1 Å². The molecule has 5 heteroatoms. The third-order valence-electron chi connectivity index (χ3n) is 3.17. The molecule has 0 saturated carbocycles. The molecule has 1 aromatic heterocycles. The standard InChI is InChI=1S/C15H22N4O/c1-2-5-14(10-17)15(20)19(9-4-7-16)12-13-6-3-8-18-11-13/h3,6,8,11,14H,2,4-5,9-10,12,17H2,1H3. The third kappa shape index (κ3) is 4.98. The summed E-state index contributed by atoms with van der Waals surface area (Å²) in [7, 11) is 0. The summed E-state index contributed by atoms with van der Waals surface area (Å²) in [6.07, 6.45) is 5.47. The van der Waals surface area contributed by atoms with Crippen molar-refractivity contribution in [2.45, 2.75) is 32.7 Å². The number of nitrogens with zero attached hydrogens (tertiary/aromatic N) is 3. The van der Waals surface area contributed by atoms with Crippen molar-refractivity contribution in [3.8, 4) is 6.07 Å². The smallest absolute Gasteiger partial charge is 0.227 e. The lowest BCUT2D eigenvalue weighted by Crippen LogP contribution is -2.39. The van der Waals surface area contributed by atoms with Crippen LogP contribution in [0.1, 0.15) is 31.7 Å². The van der Waals surface area contributed by atoms with Crippen molar-refractivity contribution in [2.24, 2.45) is 11.7 Å². The Morgan fingerprint density at radius 3 is 2.95 bits per heavy atom. The molecule has 0 saturated heterocycles. The molecule has 0 aliphatic rings. The second-order valence-corrected chi connectivity index (χ2v) is 4.75. The van der Waals surface area contributed by atoms with Gasteiger partial charge in [-0.1, -0.05) is 19.4 Å². The molecular formula is C15H22N4O. The van der Waals surface area contributed by atoms with E-state index in [1.807, 2.05) is 19.1 Å². The first-order valence-corrected chi connectivity index (χ1v) is 6.97. The van der Waals surface area contributed by atoms with Crippen LogP contribution < -0.4 is 5.73 Å². The van der Waals surface area contributed by atoms with Crippen molar-refractivity contribution in [3.05, 3.63) is 30.1 Å². The summed E-state index contributed by atoms with van der Waals surface area (Å²) in [5.41, 5.74) is 6.66. The number of pyridine rings is 1. The van der Waals surface area contributed by atoms with Crippen molar-refractivity contribution in [3.63, 3.8) is 0 Å². The molecule has 0 spiro atoms. The lowest BCUT2D eigenvalue weighted by Gasteiger charge is -2.26. The molecular weight excluding hydrogens is 252 g/mol. The second kappa shape index (κ2) is 9.05. The van der Waals surface area contributed by atoms with Crippen LogP contribution in [0.15, 0.2) is 24.5 Å². The Balaban J connectivity index is 2.77. The van der Waals surface area contributed by atoms with Gasteiger partial charge in [-0.15, -0.1) is 0 Å². The number of hydrogen-bond acceptors (Lipinski definition) is 4. The number of amides is 1. The first-order chi connectivity index (χ1) is 9.72. The molecule has 0 aliphatic carbocycles. The van der Waals surface area contributed by atoms with Crippen molar-refractivity contribution < 1.29 is 4.79 Å². The largest absolute Gasteiger partial charge is 0.337 e. The molecule has 0 bridgehead atoms. The van der Waals surface area contributed by atoms with Crippen LogP contribution in [0.3, 0.4) is 0 Å². The minimum absolute atomic E-state index is 0.0356. The Labute approximate surface area is 120 Å². The van der Waals surface area contributed by atoms with Crippen molar-refractivity contribution in [1.29, 1.82) is 5.26 Å². The van der Waals surface area contributed by atoms with Gasteiger partial charge in [0.2, 0.25) is 5.91 Å². The first-order valence-electron chi connectivity index (χ1n) is 6.97. The van der Waals surface area contributed by atoms with Gasteiger partial charge < -0.3 is 10.6 Å². The molecule has 0 radical (unpaired) electrons. The molecule has 1 heterocycles. The number of aromatic nitrogens is 1. The van der Waals surface area contributed by atoms with Crippen molar-refractivity contribution in [1.82, 2.24) is 9.88 Å². The minimum Gasteiger partial charge on any atom is -0.337 e. The fourth-order valence-corrected chi connectivity index (χ4v) is 2.11. The van der Waals surface area contributed by atoms with Crippen molar-refractivity contribution >= 4 is 5.91 Å². The quantitative estimate of drug-likeness (QED) is 0.782. The first kappa shape index (κ1) is 16.1. The van der Waals surface area contributed by atoms with E-state index >= 15 is 0 Å². The lowest BCUT2D eigenvalue weighted by molar-refractivity contribution is -0.136. The minimum atomic E-state index is -0.157. The molecule has 1 rings (SSSR count). The van der Waals surface area contributed by atoms with E-state index in [9.17, 15) is 4.79 Å². The SMILES string of the molecule is CCCC(CN)C(=O)N(CCC#N)Cc1cccnc1. The van der Waals surface area contributed by atoms with Gasteiger partial charge in [0, 0.05) is 32.0 Å². The molecule has 1 atom stereocenters. The third-order valence-corrected chi connectivity index (χ3v) is 3.17. The summed E-state index contributed by atoms with van der Waals surface area (Å²) >= 11 is 0. The van der Waals surface area contributed by atoms with Gasteiger partial charge in [-0.05, 0) is 18.1 Å². The van der Waals surface area contributed by atoms with Crippen LogP contribution in [-0.2, 0) is 11.3 Å². The van der Waals surface area contributed by atoms with Gasteiger partial charge in [0.05, 0.1) is 18.4 Å². The van der Waals surface area contributed by atoms with E-state index < -0.39 is 0 Å². The summed E-state index contributed by atoms with van der Waals surface area (Å²) in [5, 5.41) is 8.74. The number of nitriles is 1. The summed E-state index contributed by atoms with van der Waals surface area (Å²) in [5.74, 6) is -0.121. The molecule has 108 valence electrons. The molecule has 0 aliphatic heterocycles. The highest BCUT2D eigenvalue weighted by Gasteiger charge is 2.22. The molecule has 20 heavy (non-hydrogen) atoms. The lowest BCUT2D eigenvalue weighted by atomic mass is 10.0. The maximum absolute atomic E-state index is 12.5. The Hall–Kier alpha value is -1.93. The highest BCUT2D eigenvalue weighted by molar-refractivity contribution is 5.79. The highest BCUT2D eigenvalue weighted by atomic mass is 16.2. The van der Waals surface area contributed by atoms with E-state index in [-0.39, 0.29) is 11.8 Å². The summed E-state index contributed by atoms with van der Waals surface area (Å²) in [6.45, 7) is 3.30.